The molecular weight excluding hydrogens is 212 g/mol. The highest BCUT2D eigenvalue weighted by molar-refractivity contribution is 4.78. The minimum Gasteiger partial charge on any atom is -0.378 e. The number of nitrogens with one attached hydrogen (secondary N) is 1. The summed E-state index contributed by atoms with van der Waals surface area (Å²) in [6.07, 6.45) is 7.09. The van der Waals surface area contributed by atoms with Gasteiger partial charge >= 0.3 is 0 Å². The predicted molar refractivity (Wildman–Crippen MR) is 71.3 cm³/mol. The molecule has 3 heteroatoms. The number of likely N-dealkylation sites (tertiary alicyclic amines) is 1. The summed E-state index contributed by atoms with van der Waals surface area (Å²) in [4.78, 5) is 2.62. The summed E-state index contributed by atoms with van der Waals surface area (Å²) in [5.74, 6) is 0.877. The molecule has 1 N–H and O–H groups in total. The van der Waals surface area contributed by atoms with Crippen molar-refractivity contribution in [2.24, 2.45) is 5.92 Å². The van der Waals surface area contributed by atoms with Crippen LogP contribution in [-0.2, 0) is 4.74 Å². The highest BCUT2D eigenvalue weighted by Crippen LogP contribution is 2.19. The van der Waals surface area contributed by atoms with Gasteiger partial charge in [0.1, 0.15) is 0 Å². The molecule has 17 heavy (non-hydrogen) atoms. The molecule has 2 atom stereocenters. The quantitative estimate of drug-likeness (QED) is 0.767. The summed E-state index contributed by atoms with van der Waals surface area (Å²) in [7, 11) is 0. The summed E-state index contributed by atoms with van der Waals surface area (Å²) in [5.41, 5.74) is 0. The fourth-order valence-electron chi connectivity index (χ4n) is 2.99. The minimum absolute atomic E-state index is 0.552. The van der Waals surface area contributed by atoms with E-state index in [9.17, 15) is 0 Å². The van der Waals surface area contributed by atoms with Crippen molar-refractivity contribution < 1.29 is 4.74 Å². The van der Waals surface area contributed by atoms with Crippen molar-refractivity contribution in [3.63, 3.8) is 0 Å². The molecular formula is C14H28N2O. The van der Waals surface area contributed by atoms with E-state index < -0.39 is 0 Å². The van der Waals surface area contributed by atoms with Crippen LogP contribution in [0.5, 0.6) is 0 Å². The molecule has 100 valence electrons. The van der Waals surface area contributed by atoms with Crippen LogP contribution in [0.15, 0.2) is 0 Å². The van der Waals surface area contributed by atoms with Gasteiger partial charge in [-0.3, -0.25) is 0 Å². The van der Waals surface area contributed by atoms with Crippen molar-refractivity contribution >= 4 is 0 Å². The first-order valence-electron chi connectivity index (χ1n) is 7.43. The second kappa shape index (κ2) is 7.34. The van der Waals surface area contributed by atoms with E-state index >= 15 is 0 Å². The SMILES string of the molecule is CCNCC1CCN(CCC2CCCCO2)C1. The number of hydrogen-bond donors (Lipinski definition) is 1. The molecule has 0 amide bonds. The molecule has 0 radical (unpaired) electrons. The Morgan fingerprint density at radius 3 is 3.00 bits per heavy atom. The predicted octanol–water partition coefficient (Wildman–Crippen LogP) is 1.88. The normalized spacial score (nSPS) is 30.9. The molecule has 3 nitrogen and oxygen atoms in total. The fraction of sp³-hybridized carbons (Fsp3) is 1.00. The molecule has 0 aromatic rings. The first-order valence-corrected chi connectivity index (χ1v) is 7.43. The zero-order valence-corrected chi connectivity index (χ0v) is 11.3. The average molecular weight is 240 g/mol. The third-order valence-electron chi connectivity index (χ3n) is 4.09. The van der Waals surface area contributed by atoms with Gasteiger partial charge in [-0.1, -0.05) is 6.92 Å². The lowest BCUT2D eigenvalue weighted by Crippen LogP contribution is -2.30. The van der Waals surface area contributed by atoms with Gasteiger partial charge in [0.25, 0.3) is 0 Å². The van der Waals surface area contributed by atoms with Crippen molar-refractivity contribution in [1.29, 1.82) is 0 Å². The van der Waals surface area contributed by atoms with Gasteiger partial charge in [0.05, 0.1) is 6.10 Å². The van der Waals surface area contributed by atoms with E-state index in [0.717, 1.165) is 19.1 Å². The first-order chi connectivity index (χ1) is 8.38. The number of rotatable bonds is 6. The van der Waals surface area contributed by atoms with Crippen molar-refractivity contribution in [2.45, 2.75) is 45.1 Å². The van der Waals surface area contributed by atoms with Crippen molar-refractivity contribution in [2.75, 3.05) is 39.3 Å². The van der Waals surface area contributed by atoms with Crippen LogP contribution in [0.4, 0.5) is 0 Å². The second-order valence-corrected chi connectivity index (χ2v) is 5.54. The maximum absolute atomic E-state index is 5.79. The van der Waals surface area contributed by atoms with E-state index in [1.807, 2.05) is 0 Å². The molecule has 2 unspecified atom stereocenters. The Morgan fingerprint density at radius 1 is 1.29 bits per heavy atom. The molecule has 0 bridgehead atoms. The molecule has 2 heterocycles. The van der Waals surface area contributed by atoms with Crippen molar-refractivity contribution in [1.82, 2.24) is 10.2 Å². The summed E-state index contributed by atoms with van der Waals surface area (Å²) < 4.78 is 5.79. The van der Waals surface area contributed by atoms with Crippen LogP contribution < -0.4 is 5.32 Å². The smallest absolute Gasteiger partial charge is 0.0587 e. The summed E-state index contributed by atoms with van der Waals surface area (Å²) in [5, 5.41) is 3.46. The largest absolute Gasteiger partial charge is 0.378 e. The van der Waals surface area contributed by atoms with Gasteiger partial charge in [0.2, 0.25) is 0 Å². The van der Waals surface area contributed by atoms with Crippen LogP contribution >= 0.6 is 0 Å². The zero-order valence-electron chi connectivity index (χ0n) is 11.3. The van der Waals surface area contributed by atoms with Crippen molar-refractivity contribution in [3.8, 4) is 0 Å². The lowest BCUT2D eigenvalue weighted by molar-refractivity contribution is 0.00649. The standard InChI is InChI=1S/C14H28N2O/c1-2-15-11-13-6-8-16(12-13)9-7-14-5-3-4-10-17-14/h13-15H,2-12H2,1H3. The monoisotopic (exact) mass is 240 g/mol. The van der Waals surface area contributed by atoms with E-state index in [2.05, 4.69) is 17.1 Å². The van der Waals surface area contributed by atoms with E-state index in [-0.39, 0.29) is 0 Å². The van der Waals surface area contributed by atoms with Gasteiger partial charge in [0, 0.05) is 19.7 Å². The lowest BCUT2D eigenvalue weighted by atomic mass is 10.1. The highest BCUT2D eigenvalue weighted by atomic mass is 16.5. The third-order valence-corrected chi connectivity index (χ3v) is 4.09. The second-order valence-electron chi connectivity index (χ2n) is 5.54. The maximum atomic E-state index is 5.79. The molecule has 2 aliphatic rings. The number of ether oxygens (including phenoxy) is 1. The van der Waals surface area contributed by atoms with Gasteiger partial charge in [-0.2, -0.15) is 0 Å². The Hall–Kier alpha value is -0.120. The topological polar surface area (TPSA) is 24.5 Å². The van der Waals surface area contributed by atoms with E-state index in [1.165, 1.54) is 58.3 Å². The van der Waals surface area contributed by atoms with Crippen LogP contribution in [-0.4, -0.2) is 50.3 Å². The van der Waals surface area contributed by atoms with Crippen LogP contribution in [0.3, 0.4) is 0 Å². The Morgan fingerprint density at radius 2 is 2.24 bits per heavy atom. The zero-order chi connectivity index (χ0) is 11.9. The maximum Gasteiger partial charge on any atom is 0.0587 e. The molecule has 0 aromatic carbocycles. The minimum atomic E-state index is 0.552. The van der Waals surface area contributed by atoms with E-state index in [0.29, 0.717) is 6.10 Å². The van der Waals surface area contributed by atoms with Gasteiger partial charge in [-0.05, 0) is 57.7 Å². The first kappa shape index (κ1) is 13.3. The summed E-state index contributed by atoms with van der Waals surface area (Å²) in [6.45, 7) is 9.32. The summed E-state index contributed by atoms with van der Waals surface area (Å²) in [6, 6.07) is 0. The molecule has 0 saturated carbocycles. The van der Waals surface area contributed by atoms with Gasteiger partial charge < -0.3 is 15.0 Å². The van der Waals surface area contributed by atoms with Crippen LogP contribution in [0.1, 0.15) is 39.0 Å². The van der Waals surface area contributed by atoms with E-state index in [4.69, 9.17) is 4.74 Å². The van der Waals surface area contributed by atoms with Gasteiger partial charge in [-0.25, -0.2) is 0 Å². The molecule has 0 spiro atoms. The Kier molecular flexibility index (Phi) is 5.75. The van der Waals surface area contributed by atoms with Crippen LogP contribution in [0.25, 0.3) is 0 Å². The van der Waals surface area contributed by atoms with Crippen molar-refractivity contribution in [3.05, 3.63) is 0 Å². The molecule has 2 saturated heterocycles. The Labute approximate surface area is 106 Å². The van der Waals surface area contributed by atoms with Gasteiger partial charge in [-0.15, -0.1) is 0 Å². The molecule has 2 aliphatic heterocycles. The number of hydrogen-bond acceptors (Lipinski definition) is 3. The summed E-state index contributed by atoms with van der Waals surface area (Å²) >= 11 is 0. The van der Waals surface area contributed by atoms with E-state index in [1.54, 1.807) is 0 Å². The fourth-order valence-corrected chi connectivity index (χ4v) is 2.99. The van der Waals surface area contributed by atoms with Gasteiger partial charge in [0.15, 0.2) is 0 Å². The molecule has 2 fully saturated rings. The third kappa shape index (κ3) is 4.57. The molecule has 0 aromatic heterocycles. The lowest BCUT2D eigenvalue weighted by Gasteiger charge is -2.25. The Bertz CT molecular complexity index is 204. The molecule has 2 rings (SSSR count). The van der Waals surface area contributed by atoms with Crippen LogP contribution in [0.2, 0.25) is 0 Å². The molecule has 0 aliphatic carbocycles. The van der Waals surface area contributed by atoms with Crippen LogP contribution in [0, 0.1) is 5.92 Å². The highest BCUT2D eigenvalue weighted by Gasteiger charge is 2.23. The Balaban J connectivity index is 1.57. The number of nitrogens with zero attached hydrogens (tertiary/aromatic N) is 1. The average Bonchev–Trinajstić information content (AvgIpc) is 2.83.